The molecule has 0 heterocycles. The minimum Gasteiger partial charge on any atom is -0.310 e. The lowest BCUT2D eigenvalue weighted by molar-refractivity contribution is 0.660. The second kappa shape index (κ2) is 10.7. The summed E-state index contributed by atoms with van der Waals surface area (Å²) in [6.07, 6.45) is 0. The van der Waals surface area contributed by atoms with E-state index in [4.69, 9.17) is 0 Å². The van der Waals surface area contributed by atoms with Gasteiger partial charge in [0.05, 0.1) is 0 Å². The van der Waals surface area contributed by atoms with Gasteiger partial charge in [0.1, 0.15) is 0 Å². The largest absolute Gasteiger partial charge is 0.310 e. The van der Waals surface area contributed by atoms with Crippen LogP contribution in [0.3, 0.4) is 0 Å². The zero-order valence-corrected chi connectivity index (χ0v) is 27.6. The monoisotopic (exact) mass is 615 g/mol. The summed E-state index contributed by atoms with van der Waals surface area (Å²) < 4.78 is 0. The van der Waals surface area contributed by atoms with Crippen LogP contribution >= 0.6 is 0 Å². The third kappa shape index (κ3) is 4.17. The van der Waals surface area contributed by atoms with Crippen molar-refractivity contribution in [2.45, 2.75) is 31.6 Å². The Kier molecular flexibility index (Phi) is 6.36. The summed E-state index contributed by atoms with van der Waals surface area (Å²) in [7, 11) is 0. The first-order valence-corrected chi connectivity index (χ1v) is 16.9. The highest BCUT2D eigenvalue weighted by Crippen LogP contribution is 2.54. The van der Waals surface area contributed by atoms with Crippen molar-refractivity contribution in [1.82, 2.24) is 0 Å². The standard InChI is InChI=1S/C47H37N/c1-46(2)42-21-10-7-18-38(42)41-29-28-37(31-45(41)46)48(35-26-24-33(25-27-35)32-14-5-4-6-15-32)36-17-13-16-34(30-36)47(3)43-22-11-8-19-39(43)40-20-9-12-23-44(40)47/h4-31H,1-3H3. The van der Waals surface area contributed by atoms with Crippen molar-refractivity contribution in [3.8, 4) is 33.4 Å². The van der Waals surface area contributed by atoms with E-state index in [1.165, 1.54) is 61.2 Å². The fourth-order valence-electron chi connectivity index (χ4n) is 8.43. The lowest BCUT2D eigenvalue weighted by Crippen LogP contribution is -2.23. The topological polar surface area (TPSA) is 3.24 Å². The van der Waals surface area contributed by atoms with Crippen LogP contribution < -0.4 is 4.90 Å². The maximum absolute atomic E-state index is 2.44. The van der Waals surface area contributed by atoms with Gasteiger partial charge in [0.2, 0.25) is 0 Å². The molecular formula is C47H37N. The molecule has 230 valence electrons. The van der Waals surface area contributed by atoms with E-state index in [9.17, 15) is 0 Å². The molecular weight excluding hydrogens is 579 g/mol. The van der Waals surface area contributed by atoms with Gasteiger partial charge in [0.25, 0.3) is 0 Å². The summed E-state index contributed by atoms with van der Waals surface area (Å²) in [5.74, 6) is 0. The Balaban J connectivity index is 1.22. The van der Waals surface area contributed by atoms with E-state index < -0.39 is 0 Å². The zero-order valence-electron chi connectivity index (χ0n) is 27.6. The Morgan fingerprint density at radius 3 is 1.52 bits per heavy atom. The van der Waals surface area contributed by atoms with Crippen LogP contribution in [0.15, 0.2) is 170 Å². The lowest BCUT2D eigenvalue weighted by atomic mass is 9.74. The maximum Gasteiger partial charge on any atom is 0.0465 e. The van der Waals surface area contributed by atoms with Crippen molar-refractivity contribution in [1.29, 1.82) is 0 Å². The van der Waals surface area contributed by atoms with Crippen molar-refractivity contribution in [2.75, 3.05) is 4.90 Å². The molecule has 7 aromatic carbocycles. The third-order valence-corrected chi connectivity index (χ3v) is 11.0. The van der Waals surface area contributed by atoms with Crippen LogP contribution in [0.4, 0.5) is 17.1 Å². The van der Waals surface area contributed by atoms with Crippen LogP contribution in [-0.2, 0) is 10.8 Å². The van der Waals surface area contributed by atoms with Gasteiger partial charge in [0, 0.05) is 27.9 Å². The van der Waals surface area contributed by atoms with Crippen LogP contribution in [0.1, 0.15) is 48.6 Å². The van der Waals surface area contributed by atoms with Gasteiger partial charge < -0.3 is 4.90 Å². The van der Waals surface area contributed by atoms with Crippen molar-refractivity contribution in [2.24, 2.45) is 0 Å². The Bertz CT molecular complexity index is 2280. The fraction of sp³-hybridized carbons (Fsp3) is 0.106. The van der Waals surface area contributed by atoms with E-state index in [2.05, 4.69) is 196 Å². The average Bonchev–Trinajstić information content (AvgIpc) is 3.54. The third-order valence-electron chi connectivity index (χ3n) is 11.0. The number of benzene rings is 7. The van der Waals surface area contributed by atoms with Crippen LogP contribution in [0.2, 0.25) is 0 Å². The van der Waals surface area contributed by atoms with E-state index in [1.807, 2.05) is 0 Å². The molecule has 2 aliphatic rings. The van der Waals surface area contributed by atoms with Crippen molar-refractivity contribution in [3.63, 3.8) is 0 Å². The van der Waals surface area contributed by atoms with Crippen molar-refractivity contribution in [3.05, 3.63) is 198 Å². The van der Waals surface area contributed by atoms with E-state index in [0.717, 1.165) is 17.1 Å². The van der Waals surface area contributed by atoms with E-state index in [0.29, 0.717) is 0 Å². The van der Waals surface area contributed by atoms with Gasteiger partial charge in [-0.25, -0.2) is 0 Å². The highest BCUT2D eigenvalue weighted by atomic mass is 15.1. The smallest absolute Gasteiger partial charge is 0.0465 e. The molecule has 1 nitrogen and oxygen atoms in total. The molecule has 0 atom stereocenters. The molecule has 48 heavy (non-hydrogen) atoms. The van der Waals surface area contributed by atoms with E-state index in [1.54, 1.807) is 0 Å². The molecule has 0 spiro atoms. The Morgan fingerprint density at radius 2 is 0.854 bits per heavy atom. The maximum atomic E-state index is 2.44. The molecule has 0 radical (unpaired) electrons. The number of fused-ring (bicyclic) bond motifs is 6. The fourth-order valence-corrected chi connectivity index (χ4v) is 8.43. The molecule has 7 aromatic rings. The van der Waals surface area contributed by atoms with Crippen LogP contribution in [-0.4, -0.2) is 0 Å². The number of hydrogen-bond donors (Lipinski definition) is 0. The molecule has 0 aromatic heterocycles. The number of nitrogens with zero attached hydrogens (tertiary/aromatic N) is 1. The highest BCUT2D eigenvalue weighted by molar-refractivity contribution is 5.87. The van der Waals surface area contributed by atoms with Crippen LogP contribution in [0.25, 0.3) is 33.4 Å². The number of hydrogen-bond acceptors (Lipinski definition) is 1. The van der Waals surface area contributed by atoms with Gasteiger partial charge in [0.15, 0.2) is 0 Å². The van der Waals surface area contributed by atoms with Crippen LogP contribution in [0, 0.1) is 0 Å². The molecule has 0 N–H and O–H groups in total. The summed E-state index contributed by atoms with van der Waals surface area (Å²) >= 11 is 0. The van der Waals surface area contributed by atoms with E-state index >= 15 is 0 Å². The summed E-state index contributed by atoms with van der Waals surface area (Å²) in [5.41, 5.74) is 17.6. The zero-order chi connectivity index (χ0) is 32.5. The first kappa shape index (κ1) is 28.6. The lowest BCUT2D eigenvalue weighted by Gasteiger charge is -2.32. The highest BCUT2D eigenvalue weighted by Gasteiger charge is 2.41. The molecule has 9 rings (SSSR count). The minimum absolute atomic E-state index is 0.0859. The van der Waals surface area contributed by atoms with Crippen molar-refractivity contribution >= 4 is 17.1 Å². The van der Waals surface area contributed by atoms with Gasteiger partial charge in [-0.15, -0.1) is 0 Å². The SMILES string of the molecule is CC1(C)c2ccccc2-c2ccc(N(c3ccc(-c4ccccc4)cc3)c3cccc(C4(C)c5ccccc5-c5ccccc54)c3)cc21. The number of rotatable bonds is 5. The molecule has 0 aliphatic heterocycles. The molecule has 0 bridgehead atoms. The Hall–Kier alpha value is -5.66. The predicted octanol–water partition coefficient (Wildman–Crippen LogP) is 12.5. The molecule has 2 aliphatic carbocycles. The Morgan fingerprint density at radius 1 is 0.354 bits per heavy atom. The first-order valence-electron chi connectivity index (χ1n) is 16.9. The minimum atomic E-state index is -0.270. The quantitative estimate of drug-likeness (QED) is 0.186. The molecule has 1 heteroatoms. The summed E-state index contributed by atoms with van der Waals surface area (Å²) in [6.45, 7) is 7.11. The second-order valence-electron chi connectivity index (χ2n) is 13.9. The van der Waals surface area contributed by atoms with Gasteiger partial charge >= 0.3 is 0 Å². The van der Waals surface area contributed by atoms with Gasteiger partial charge in [-0.2, -0.15) is 0 Å². The molecule has 0 unspecified atom stereocenters. The second-order valence-corrected chi connectivity index (χ2v) is 13.9. The van der Waals surface area contributed by atoms with Gasteiger partial charge in [-0.1, -0.05) is 147 Å². The Labute approximate surface area is 283 Å². The normalized spacial score (nSPS) is 14.5. The molecule has 0 saturated carbocycles. The summed E-state index contributed by atoms with van der Waals surface area (Å²) in [6, 6.07) is 62.7. The molecule has 0 amide bonds. The number of anilines is 3. The van der Waals surface area contributed by atoms with E-state index in [-0.39, 0.29) is 10.8 Å². The summed E-state index contributed by atoms with van der Waals surface area (Å²) in [5, 5.41) is 0. The molecule has 0 fully saturated rings. The van der Waals surface area contributed by atoms with Gasteiger partial charge in [-0.05, 0) is 105 Å². The van der Waals surface area contributed by atoms with Crippen LogP contribution in [0.5, 0.6) is 0 Å². The average molecular weight is 616 g/mol. The van der Waals surface area contributed by atoms with Gasteiger partial charge in [-0.3, -0.25) is 0 Å². The van der Waals surface area contributed by atoms with Crippen molar-refractivity contribution < 1.29 is 0 Å². The first-order chi connectivity index (χ1) is 23.4. The molecule has 0 saturated heterocycles. The predicted molar refractivity (Wildman–Crippen MR) is 202 cm³/mol. The summed E-state index contributed by atoms with van der Waals surface area (Å²) in [4.78, 5) is 2.44.